The molecule has 1 N–H and O–H groups in total. The van der Waals surface area contributed by atoms with E-state index < -0.39 is 11.7 Å². The van der Waals surface area contributed by atoms with Gasteiger partial charge in [0.1, 0.15) is 0 Å². The summed E-state index contributed by atoms with van der Waals surface area (Å²) in [7, 11) is 0. The van der Waals surface area contributed by atoms with Crippen LogP contribution in [0, 0.1) is 6.92 Å². The van der Waals surface area contributed by atoms with Crippen molar-refractivity contribution in [2.24, 2.45) is 0 Å². The second-order valence-corrected chi connectivity index (χ2v) is 8.25. The summed E-state index contributed by atoms with van der Waals surface area (Å²) in [6.07, 6.45) is -3.40. The number of nitrogens with one attached hydrogen (secondary N) is 1. The van der Waals surface area contributed by atoms with Gasteiger partial charge in [-0.05, 0) is 56.2 Å². The van der Waals surface area contributed by atoms with E-state index in [-0.39, 0.29) is 18.4 Å². The van der Waals surface area contributed by atoms with Crippen LogP contribution in [0.2, 0.25) is 0 Å². The molecular formula is C25H26F3N3O2. The molecule has 1 aromatic heterocycles. The Kier molecular flexibility index (Phi) is 6.56. The van der Waals surface area contributed by atoms with E-state index >= 15 is 0 Å². The zero-order valence-corrected chi connectivity index (χ0v) is 18.6. The minimum atomic E-state index is -4.44. The predicted octanol–water partition coefficient (Wildman–Crippen LogP) is 5.36. The summed E-state index contributed by atoms with van der Waals surface area (Å²) >= 11 is 0. The number of carbonyl (C=O) groups is 1. The largest absolute Gasteiger partial charge is 0.416 e. The highest BCUT2D eigenvalue weighted by Crippen LogP contribution is 2.32. The molecule has 1 aliphatic rings. The van der Waals surface area contributed by atoms with Crippen LogP contribution in [-0.4, -0.2) is 36.7 Å². The molecule has 5 nitrogen and oxygen atoms in total. The maximum Gasteiger partial charge on any atom is 0.416 e. The van der Waals surface area contributed by atoms with Gasteiger partial charge in [-0.1, -0.05) is 18.2 Å². The van der Waals surface area contributed by atoms with Crippen LogP contribution < -0.4 is 10.2 Å². The lowest BCUT2D eigenvalue weighted by molar-refractivity contribution is -0.137. The fourth-order valence-electron chi connectivity index (χ4n) is 4.24. The topological polar surface area (TPSA) is 54.5 Å². The first-order valence-electron chi connectivity index (χ1n) is 11.0. The van der Waals surface area contributed by atoms with Gasteiger partial charge in [0, 0.05) is 42.2 Å². The molecule has 2 heterocycles. The molecule has 1 fully saturated rings. The summed E-state index contributed by atoms with van der Waals surface area (Å²) in [5.74, 6) is -0.388. The number of fused-ring (bicyclic) bond motifs is 1. The number of halogens is 3. The first-order chi connectivity index (χ1) is 15.7. The summed E-state index contributed by atoms with van der Waals surface area (Å²) in [5, 5.41) is 3.76. The summed E-state index contributed by atoms with van der Waals surface area (Å²) in [5.41, 5.74) is 2.79. The predicted molar refractivity (Wildman–Crippen MR) is 123 cm³/mol. The Morgan fingerprint density at radius 3 is 2.79 bits per heavy atom. The lowest BCUT2D eigenvalue weighted by Crippen LogP contribution is -2.23. The average molecular weight is 457 g/mol. The van der Waals surface area contributed by atoms with Crippen molar-refractivity contribution >= 4 is 28.2 Å². The number of hydrogen-bond acceptors (Lipinski definition) is 4. The minimum Gasteiger partial charge on any atom is -0.377 e. The molecule has 8 heteroatoms. The second kappa shape index (κ2) is 9.39. The molecule has 3 aromatic rings. The summed E-state index contributed by atoms with van der Waals surface area (Å²) in [4.78, 5) is 19.4. The van der Waals surface area contributed by atoms with Gasteiger partial charge in [0.25, 0.3) is 0 Å². The fraction of sp³-hybridized carbons (Fsp3) is 0.360. The van der Waals surface area contributed by atoms with Gasteiger partial charge in [-0.15, -0.1) is 0 Å². The molecule has 0 unspecified atom stereocenters. The summed E-state index contributed by atoms with van der Waals surface area (Å²) < 4.78 is 44.5. The lowest BCUT2D eigenvalue weighted by atomic mass is 10.1. The number of hydrogen-bond donors (Lipinski definition) is 1. The van der Waals surface area contributed by atoms with Gasteiger partial charge in [0.05, 0.1) is 23.6 Å². The molecule has 0 aliphatic carbocycles. The van der Waals surface area contributed by atoms with Crippen LogP contribution in [-0.2, 0) is 22.1 Å². The number of aryl methyl sites for hydroxylation is 1. The zero-order chi connectivity index (χ0) is 23.6. The number of alkyl halides is 3. The van der Waals surface area contributed by atoms with Crippen LogP contribution in [0.5, 0.6) is 0 Å². The fourth-order valence-corrected chi connectivity index (χ4v) is 4.24. The van der Waals surface area contributed by atoms with E-state index in [0.29, 0.717) is 17.9 Å². The number of carbonyl (C=O) groups excluding carboxylic acids is 1. The normalized spacial score (nSPS) is 16.4. The Morgan fingerprint density at radius 2 is 2.03 bits per heavy atom. The lowest BCUT2D eigenvalue weighted by Gasteiger charge is -2.21. The number of aromatic nitrogens is 1. The van der Waals surface area contributed by atoms with Crippen molar-refractivity contribution < 1.29 is 22.7 Å². The third-order valence-corrected chi connectivity index (χ3v) is 5.71. The quantitative estimate of drug-likeness (QED) is 0.542. The van der Waals surface area contributed by atoms with E-state index in [9.17, 15) is 18.0 Å². The number of ether oxygens (including phenoxy) is 1. The molecule has 174 valence electrons. The molecule has 2 aromatic carbocycles. The second-order valence-electron chi connectivity index (χ2n) is 8.25. The van der Waals surface area contributed by atoms with Crippen molar-refractivity contribution in [3.05, 3.63) is 65.4 Å². The van der Waals surface area contributed by atoms with Crippen LogP contribution in [0.15, 0.2) is 48.5 Å². The summed E-state index contributed by atoms with van der Waals surface area (Å²) in [6, 6.07) is 12.4. The minimum absolute atomic E-state index is 0.152. The molecule has 0 spiro atoms. The summed E-state index contributed by atoms with van der Waals surface area (Å²) in [6.45, 7) is 6.34. The van der Waals surface area contributed by atoms with E-state index in [1.807, 2.05) is 19.9 Å². The number of anilines is 2. The van der Waals surface area contributed by atoms with Crippen LogP contribution in [0.25, 0.3) is 10.9 Å². The highest BCUT2D eigenvalue weighted by molar-refractivity contribution is 5.98. The van der Waals surface area contributed by atoms with Gasteiger partial charge < -0.3 is 15.0 Å². The van der Waals surface area contributed by atoms with Gasteiger partial charge in [0.15, 0.2) is 0 Å². The first kappa shape index (κ1) is 23.0. The van der Waals surface area contributed by atoms with Gasteiger partial charge in [0.2, 0.25) is 5.91 Å². The SMILES string of the molecule is CCO[C@H]1CCN(c2cc(C)nc3cc(NC(=O)Cc4cccc(C(F)(F)F)c4)ccc23)C1. The molecule has 4 rings (SSSR count). The molecule has 1 aliphatic heterocycles. The molecule has 0 radical (unpaired) electrons. The van der Waals surface area contributed by atoms with Crippen molar-refractivity contribution in [2.75, 3.05) is 29.9 Å². The highest BCUT2D eigenvalue weighted by Gasteiger charge is 2.30. The van der Waals surface area contributed by atoms with Crippen molar-refractivity contribution in [2.45, 2.75) is 39.0 Å². The molecule has 0 bridgehead atoms. The van der Waals surface area contributed by atoms with Crippen molar-refractivity contribution in [1.29, 1.82) is 0 Å². The number of benzene rings is 2. The highest BCUT2D eigenvalue weighted by atomic mass is 19.4. The Balaban J connectivity index is 1.51. The monoisotopic (exact) mass is 457 g/mol. The molecular weight excluding hydrogens is 431 g/mol. The number of nitrogens with zero attached hydrogens (tertiary/aromatic N) is 2. The number of pyridine rings is 1. The number of rotatable bonds is 6. The Morgan fingerprint density at radius 1 is 1.21 bits per heavy atom. The van der Waals surface area contributed by atoms with Crippen LogP contribution in [0.3, 0.4) is 0 Å². The molecule has 33 heavy (non-hydrogen) atoms. The van der Waals surface area contributed by atoms with E-state index in [4.69, 9.17) is 4.74 Å². The Bertz CT molecular complexity index is 1160. The van der Waals surface area contributed by atoms with Crippen LogP contribution in [0.4, 0.5) is 24.5 Å². The van der Waals surface area contributed by atoms with Crippen molar-refractivity contribution in [1.82, 2.24) is 4.98 Å². The van der Waals surface area contributed by atoms with Crippen molar-refractivity contribution in [3.8, 4) is 0 Å². The first-order valence-corrected chi connectivity index (χ1v) is 11.0. The maximum atomic E-state index is 12.9. The molecule has 1 atom stereocenters. The smallest absolute Gasteiger partial charge is 0.377 e. The van der Waals surface area contributed by atoms with Gasteiger partial charge in [-0.25, -0.2) is 0 Å². The zero-order valence-electron chi connectivity index (χ0n) is 18.6. The molecule has 1 amide bonds. The maximum absolute atomic E-state index is 12.9. The third-order valence-electron chi connectivity index (χ3n) is 5.71. The molecule has 0 saturated carbocycles. The van der Waals surface area contributed by atoms with Crippen molar-refractivity contribution in [3.63, 3.8) is 0 Å². The average Bonchev–Trinajstić information content (AvgIpc) is 3.21. The van der Waals surface area contributed by atoms with Gasteiger partial charge in [-0.2, -0.15) is 13.2 Å². The Hall–Kier alpha value is -3.13. The van der Waals surface area contributed by atoms with E-state index in [2.05, 4.69) is 21.3 Å². The van der Waals surface area contributed by atoms with Gasteiger partial charge in [-0.3, -0.25) is 9.78 Å². The van der Waals surface area contributed by atoms with E-state index in [1.165, 1.54) is 12.1 Å². The standard InChI is InChI=1S/C25H26F3N3O2/c1-3-33-20-9-10-31(15-20)23-11-16(2)29-22-14-19(7-8-21(22)23)30-24(32)13-17-5-4-6-18(12-17)25(26,27)28/h4-8,11-12,14,20H,3,9-10,13,15H2,1-2H3,(H,30,32)/t20-/m0/s1. The van der Waals surface area contributed by atoms with Crippen LogP contribution in [0.1, 0.15) is 30.2 Å². The van der Waals surface area contributed by atoms with E-state index in [1.54, 1.807) is 12.1 Å². The van der Waals surface area contributed by atoms with E-state index in [0.717, 1.165) is 53.9 Å². The number of amides is 1. The Labute approximate surface area is 190 Å². The van der Waals surface area contributed by atoms with Crippen LogP contribution >= 0.6 is 0 Å². The molecule has 1 saturated heterocycles. The van der Waals surface area contributed by atoms with Gasteiger partial charge >= 0.3 is 6.18 Å². The third kappa shape index (κ3) is 5.45.